The Labute approximate surface area is 234 Å². The first kappa shape index (κ1) is 28.7. The summed E-state index contributed by atoms with van der Waals surface area (Å²) in [6, 6.07) is 11.9. The van der Waals surface area contributed by atoms with Crippen molar-refractivity contribution < 1.29 is 18.0 Å². The average molecular weight is 573 g/mol. The molecule has 1 saturated heterocycles. The van der Waals surface area contributed by atoms with Crippen molar-refractivity contribution in [2.24, 2.45) is 15.9 Å². The fraction of sp³-hybridized carbons (Fsp3) is 0.407. The van der Waals surface area contributed by atoms with Gasteiger partial charge in [-0.05, 0) is 60.6 Å². The Morgan fingerprint density at radius 3 is 2.62 bits per heavy atom. The van der Waals surface area contributed by atoms with Crippen molar-refractivity contribution in [3.63, 3.8) is 0 Å². The Hall–Kier alpha value is -3.28. The molecule has 2 amide bonds. The lowest BCUT2D eigenvalue weighted by Gasteiger charge is -2.29. The molecule has 0 bridgehead atoms. The number of nitrogens with one attached hydrogen (secondary N) is 3. The Balaban J connectivity index is 1.45. The minimum absolute atomic E-state index is 0.0382. The first-order chi connectivity index (χ1) is 18.6. The quantitative estimate of drug-likeness (QED) is 0.380. The Bertz CT molecular complexity index is 1340. The molecule has 3 N–H and O–H groups in total. The van der Waals surface area contributed by atoms with Crippen molar-refractivity contribution >= 4 is 51.9 Å². The van der Waals surface area contributed by atoms with Crippen LogP contribution in [0.25, 0.3) is 0 Å². The van der Waals surface area contributed by atoms with E-state index < -0.39 is 28.2 Å². The number of carbonyl (C=O) groups excluding carboxylic acids is 2. The van der Waals surface area contributed by atoms with E-state index in [0.717, 1.165) is 11.1 Å². The molecule has 10 nitrogen and oxygen atoms in total. The van der Waals surface area contributed by atoms with Crippen LogP contribution in [0.2, 0.25) is 5.02 Å². The fourth-order valence-electron chi connectivity index (χ4n) is 4.80. The maximum Gasteiger partial charge on any atom is 0.299 e. The van der Waals surface area contributed by atoms with Gasteiger partial charge in [0.25, 0.3) is 10.2 Å². The number of nitrogens with zero attached hydrogens (tertiary/aromatic N) is 3. The number of hydrogen-bond acceptors (Lipinski definition) is 6. The monoisotopic (exact) mass is 572 g/mol. The zero-order chi connectivity index (χ0) is 28.0. The van der Waals surface area contributed by atoms with Crippen LogP contribution in [-0.4, -0.2) is 56.3 Å². The maximum absolute atomic E-state index is 13.6. The lowest BCUT2D eigenvalue weighted by molar-refractivity contribution is -0.140. The van der Waals surface area contributed by atoms with Crippen LogP contribution < -0.4 is 14.8 Å². The van der Waals surface area contributed by atoms with Crippen LogP contribution in [0.4, 0.5) is 5.69 Å². The average Bonchev–Trinajstić information content (AvgIpc) is 3.59. The summed E-state index contributed by atoms with van der Waals surface area (Å²) in [6.07, 6.45) is 4.62. The van der Waals surface area contributed by atoms with Gasteiger partial charge in [0.05, 0.1) is 0 Å². The van der Waals surface area contributed by atoms with Crippen LogP contribution in [0, 0.1) is 5.92 Å². The molecule has 2 aromatic carbocycles. The zero-order valence-electron chi connectivity index (χ0n) is 21.9. The summed E-state index contributed by atoms with van der Waals surface area (Å²) in [4.78, 5) is 36.7. The highest BCUT2D eigenvalue weighted by molar-refractivity contribution is 7.90. The molecule has 0 spiro atoms. The number of halogens is 1. The van der Waals surface area contributed by atoms with E-state index in [2.05, 4.69) is 24.7 Å². The molecule has 12 heteroatoms. The number of carbonyl (C=O) groups is 2. The van der Waals surface area contributed by atoms with Gasteiger partial charge in [-0.25, -0.2) is 4.99 Å². The van der Waals surface area contributed by atoms with Crippen molar-refractivity contribution in [2.45, 2.75) is 57.8 Å². The molecule has 0 saturated carbocycles. The zero-order valence-corrected chi connectivity index (χ0v) is 23.5. The first-order valence-corrected chi connectivity index (χ1v) is 14.8. The number of para-hydroxylation sites is 1. The largest absolute Gasteiger partial charge is 0.350 e. The summed E-state index contributed by atoms with van der Waals surface area (Å²) in [5.41, 5.74) is 2.07. The summed E-state index contributed by atoms with van der Waals surface area (Å²) in [6.45, 7) is 4.40. The van der Waals surface area contributed by atoms with Crippen molar-refractivity contribution in [3.05, 3.63) is 64.7 Å². The molecule has 2 heterocycles. The fourth-order valence-corrected chi connectivity index (χ4v) is 6.07. The number of rotatable bonds is 11. The van der Waals surface area contributed by atoms with Crippen LogP contribution in [0.3, 0.4) is 0 Å². The van der Waals surface area contributed by atoms with Crippen LogP contribution >= 0.6 is 11.6 Å². The smallest absolute Gasteiger partial charge is 0.299 e. The van der Waals surface area contributed by atoms with Gasteiger partial charge < -0.3 is 10.2 Å². The summed E-state index contributed by atoms with van der Waals surface area (Å²) in [5.74, 6) is -0.681. The predicted octanol–water partition coefficient (Wildman–Crippen LogP) is 3.46. The van der Waals surface area contributed by atoms with Gasteiger partial charge >= 0.3 is 0 Å². The van der Waals surface area contributed by atoms with E-state index in [9.17, 15) is 18.0 Å². The highest BCUT2D eigenvalue weighted by Crippen LogP contribution is 2.26. The number of hydrogen-bond donors (Lipinski definition) is 3. The standard InChI is InChI=1S/C27H33ClN6O4S/c1-18(2)13-23(33-39(37,38)32-21-7-4-3-5-8-21)27(36)34-12-6-9-25(34)26(35)30-15-19-14-20(28)10-11-22(19)24-16-29-17-31-24/h3-5,7-8,10-11,14,16-18,23-25,32-33H,6,9,12-13,15H2,1-2H3,(H,30,35)/t23-,24?,25-/m0/s1. The van der Waals surface area contributed by atoms with E-state index in [1.807, 2.05) is 19.9 Å². The van der Waals surface area contributed by atoms with Crippen molar-refractivity contribution in [1.82, 2.24) is 14.9 Å². The third kappa shape index (κ3) is 7.65. The molecular weight excluding hydrogens is 540 g/mol. The van der Waals surface area contributed by atoms with Gasteiger partial charge in [0.15, 0.2) is 0 Å². The molecule has 1 fully saturated rings. The van der Waals surface area contributed by atoms with E-state index in [4.69, 9.17) is 11.6 Å². The lowest BCUT2D eigenvalue weighted by atomic mass is 10.0. The minimum Gasteiger partial charge on any atom is -0.350 e. The van der Waals surface area contributed by atoms with Gasteiger partial charge in [-0.3, -0.25) is 19.3 Å². The van der Waals surface area contributed by atoms with Crippen LogP contribution in [0.5, 0.6) is 0 Å². The number of likely N-dealkylation sites (tertiary alicyclic amines) is 1. The lowest BCUT2D eigenvalue weighted by Crippen LogP contribution is -2.54. The van der Waals surface area contributed by atoms with E-state index in [-0.39, 0.29) is 30.8 Å². The van der Waals surface area contributed by atoms with Crippen molar-refractivity contribution in [1.29, 1.82) is 0 Å². The van der Waals surface area contributed by atoms with E-state index >= 15 is 0 Å². The summed E-state index contributed by atoms with van der Waals surface area (Å²) < 4.78 is 30.7. The maximum atomic E-state index is 13.6. The first-order valence-electron chi connectivity index (χ1n) is 12.9. The molecule has 0 radical (unpaired) electrons. The van der Waals surface area contributed by atoms with E-state index in [0.29, 0.717) is 30.1 Å². The van der Waals surface area contributed by atoms with E-state index in [1.165, 1.54) is 11.2 Å². The Kier molecular flexibility index (Phi) is 9.36. The second-order valence-corrected chi connectivity index (χ2v) is 11.9. The molecule has 0 aliphatic carbocycles. The van der Waals surface area contributed by atoms with Gasteiger partial charge in [-0.15, -0.1) is 0 Å². The third-order valence-electron chi connectivity index (χ3n) is 6.57. The van der Waals surface area contributed by atoms with Crippen molar-refractivity contribution in [2.75, 3.05) is 11.3 Å². The van der Waals surface area contributed by atoms with Crippen molar-refractivity contribution in [3.8, 4) is 0 Å². The predicted molar refractivity (Wildman–Crippen MR) is 153 cm³/mol. The van der Waals surface area contributed by atoms with Crippen LogP contribution in [-0.2, 0) is 26.3 Å². The molecule has 39 heavy (non-hydrogen) atoms. The van der Waals surface area contributed by atoms with Gasteiger partial charge in [-0.2, -0.15) is 13.1 Å². The number of anilines is 1. The normalized spacial score (nSPS) is 19.4. The molecule has 2 aliphatic rings. The molecule has 2 aliphatic heterocycles. The topological polar surface area (TPSA) is 132 Å². The van der Waals surface area contributed by atoms with Gasteiger partial charge in [0.2, 0.25) is 11.8 Å². The van der Waals surface area contributed by atoms with Crippen LogP contribution in [0.1, 0.15) is 50.3 Å². The molecule has 3 atom stereocenters. The molecule has 0 aromatic heterocycles. The van der Waals surface area contributed by atoms with E-state index in [1.54, 1.807) is 48.7 Å². The molecular formula is C27H33ClN6O4S. The Morgan fingerprint density at radius 1 is 1.15 bits per heavy atom. The summed E-state index contributed by atoms with van der Waals surface area (Å²) in [5, 5.41) is 3.47. The SMILES string of the molecule is CC(C)C[C@H](NS(=O)(=O)Nc1ccccc1)C(=O)N1CCC[C@H]1C(=O)NCc1cc(Cl)ccc1C1C=NC=N1. The second kappa shape index (κ2) is 12.7. The number of aliphatic imine (C=N–C) groups is 2. The van der Waals surface area contributed by atoms with Gasteiger partial charge in [-0.1, -0.05) is 49.7 Å². The third-order valence-corrected chi connectivity index (χ3v) is 7.90. The number of amides is 2. The molecule has 208 valence electrons. The summed E-state index contributed by atoms with van der Waals surface area (Å²) >= 11 is 6.21. The summed E-state index contributed by atoms with van der Waals surface area (Å²) in [7, 11) is -4.04. The highest BCUT2D eigenvalue weighted by atomic mass is 35.5. The highest BCUT2D eigenvalue weighted by Gasteiger charge is 2.38. The van der Waals surface area contributed by atoms with Gasteiger partial charge in [0, 0.05) is 30.0 Å². The molecule has 1 unspecified atom stereocenters. The molecule has 2 aromatic rings. The molecule has 4 rings (SSSR count). The number of benzene rings is 2. The Morgan fingerprint density at radius 2 is 1.92 bits per heavy atom. The van der Waals surface area contributed by atoms with Gasteiger partial charge in [0.1, 0.15) is 24.5 Å². The van der Waals surface area contributed by atoms with Crippen LogP contribution in [0.15, 0.2) is 58.5 Å². The minimum atomic E-state index is -4.04. The second-order valence-electron chi connectivity index (χ2n) is 10.0.